The van der Waals surface area contributed by atoms with Gasteiger partial charge in [0.05, 0.1) is 26.5 Å². The summed E-state index contributed by atoms with van der Waals surface area (Å²) in [5, 5.41) is 3.61. The Morgan fingerprint density at radius 2 is 1.95 bits per heavy atom. The van der Waals surface area contributed by atoms with E-state index in [-0.39, 0.29) is 6.04 Å². The van der Waals surface area contributed by atoms with Crippen LogP contribution in [0.1, 0.15) is 44.3 Å². The third kappa shape index (κ3) is 2.71. The van der Waals surface area contributed by atoms with Crippen molar-refractivity contribution in [2.75, 3.05) is 20.8 Å². The number of aromatic nitrogens is 2. The Morgan fingerprint density at radius 3 is 2.52 bits per heavy atom. The molecule has 2 aliphatic carbocycles. The number of fused-ring (bicyclic) bond motifs is 1. The average Bonchev–Trinajstić information content (AvgIpc) is 3.26. The minimum absolute atomic E-state index is 0.247. The molecule has 2 saturated carbocycles. The van der Waals surface area contributed by atoms with Gasteiger partial charge in [-0.3, -0.25) is 0 Å². The fraction of sp³-hybridized carbons (Fsp3) is 0.750. The highest BCUT2D eigenvalue weighted by Crippen LogP contribution is 2.60. The summed E-state index contributed by atoms with van der Waals surface area (Å²) in [7, 11) is 3.25. The fourth-order valence-electron chi connectivity index (χ4n) is 4.01. The molecule has 5 heteroatoms. The molecule has 0 amide bonds. The second kappa shape index (κ2) is 6.18. The van der Waals surface area contributed by atoms with Crippen LogP contribution in [0.2, 0.25) is 0 Å². The molecule has 2 fully saturated rings. The van der Waals surface area contributed by atoms with Gasteiger partial charge in [-0.15, -0.1) is 0 Å². The number of hydrogen-bond donors (Lipinski definition) is 1. The van der Waals surface area contributed by atoms with Gasteiger partial charge >= 0.3 is 0 Å². The Balaban J connectivity index is 1.87. The van der Waals surface area contributed by atoms with E-state index in [0.29, 0.717) is 17.7 Å². The lowest BCUT2D eigenvalue weighted by Crippen LogP contribution is -2.25. The zero-order valence-electron chi connectivity index (χ0n) is 13.1. The van der Waals surface area contributed by atoms with Crippen LogP contribution in [0.4, 0.5) is 0 Å². The highest BCUT2D eigenvalue weighted by molar-refractivity contribution is 5.28. The largest absolute Gasteiger partial charge is 0.480 e. The molecular formula is C16H25N3O2. The molecule has 3 atom stereocenters. The normalized spacial score (nSPS) is 28.6. The van der Waals surface area contributed by atoms with Crippen LogP contribution in [0.15, 0.2) is 6.20 Å². The maximum absolute atomic E-state index is 5.45. The lowest BCUT2D eigenvalue weighted by molar-refractivity contribution is 0.341. The van der Waals surface area contributed by atoms with Crippen molar-refractivity contribution in [3.05, 3.63) is 11.9 Å². The maximum Gasteiger partial charge on any atom is 0.240 e. The molecule has 0 aromatic carbocycles. The zero-order chi connectivity index (χ0) is 14.8. The first kappa shape index (κ1) is 14.6. The quantitative estimate of drug-likeness (QED) is 0.873. The third-order valence-corrected chi connectivity index (χ3v) is 4.97. The van der Waals surface area contributed by atoms with Crippen molar-refractivity contribution >= 4 is 0 Å². The predicted octanol–water partition coefficient (Wildman–Crippen LogP) is 2.58. The van der Waals surface area contributed by atoms with Crippen LogP contribution in [0.3, 0.4) is 0 Å². The highest BCUT2D eigenvalue weighted by atomic mass is 16.5. The van der Waals surface area contributed by atoms with Gasteiger partial charge in [-0.05, 0) is 37.1 Å². The number of methoxy groups -OCH3 is 2. The number of nitrogens with zero attached hydrogens (tertiary/aromatic N) is 2. The second-order valence-corrected chi connectivity index (χ2v) is 6.03. The Morgan fingerprint density at radius 1 is 1.24 bits per heavy atom. The molecule has 0 bridgehead atoms. The summed E-state index contributed by atoms with van der Waals surface area (Å²) in [6.07, 6.45) is 7.17. The Bertz CT molecular complexity index is 482. The van der Waals surface area contributed by atoms with Gasteiger partial charge in [0.1, 0.15) is 5.69 Å². The molecule has 0 saturated heterocycles. The molecule has 1 aromatic rings. The lowest BCUT2D eigenvalue weighted by Gasteiger charge is -2.19. The third-order valence-electron chi connectivity index (χ3n) is 4.97. The van der Waals surface area contributed by atoms with Gasteiger partial charge in [-0.1, -0.05) is 19.8 Å². The number of nitrogens with one attached hydrogen (secondary N) is 1. The van der Waals surface area contributed by atoms with Crippen molar-refractivity contribution in [2.24, 2.45) is 17.8 Å². The van der Waals surface area contributed by atoms with Crippen molar-refractivity contribution in [3.63, 3.8) is 0 Å². The van der Waals surface area contributed by atoms with E-state index in [0.717, 1.165) is 24.1 Å². The van der Waals surface area contributed by atoms with Gasteiger partial charge in [0, 0.05) is 0 Å². The van der Waals surface area contributed by atoms with Crippen LogP contribution in [-0.2, 0) is 0 Å². The summed E-state index contributed by atoms with van der Waals surface area (Å²) in [6, 6.07) is 0.247. The number of ether oxygens (including phenoxy) is 2. The van der Waals surface area contributed by atoms with Crippen molar-refractivity contribution in [1.29, 1.82) is 0 Å². The molecule has 2 aliphatic rings. The Labute approximate surface area is 126 Å². The van der Waals surface area contributed by atoms with Gasteiger partial charge < -0.3 is 14.8 Å². The first-order valence-electron chi connectivity index (χ1n) is 7.98. The molecular weight excluding hydrogens is 266 g/mol. The molecule has 1 heterocycles. The summed E-state index contributed by atoms with van der Waals surface area (Å²) in [4.78, 5) is 8.98. The first-order valence-corrected chi connectivity index (χ1v) is 7.98. The summed E-state index contributed by atoms with van der Waals surface area (Å²) < 4.78 is 10.6. The summed E-state index contributed by atoms with van der Waals surface area (Å²) >= 11 is 0. The van der Waals surface area contributed by atoms with E-state index < -0.39 is 0 Å². The molecule has 1 N–H and O–H groups in total. The van der Waals surface area contributed by atoms with Crippen LogP contribution in [0.25, 0.3) is 0 Å². The Hall–Kier alpha value is -1.36. The van der Waals surface area contributed by atoms with Crippen LogP contribution in [-0.4, -0.2) is 30.7 Å². The lowest BCUT2D eigenvalue weighted by atomic mass is 10.0. The molecule has 1 aromatic heterocycles. The van der Waals surface area contributed by atoms with Crippen molar-refractivity contribution < 1.29 is 9.47 Å². The van der Waals surface area contributed by atoms with Gasteiger partial charge in [-0.25, -0.2) is 4.98 Å². The highest BCUT2D eigenvalue weighted by Gasteiger charge is 2.55. The molecule has 21 heavy (non-hydrogen) atoms. The van der Waals surface area contributed by atoms with Crippen LogP contribution in [0.5, 0.6) is 11.8 Å². The van der Waals surface area contributed by atoms with Gasteiger partial charge in [0.2, 0.25) is 11.8 Å². The topological polar surface area (TPSA) is 56.3 Å². The van der Waals surface area contributed by atoms with Crippen molar-refractivity contribution in [1.82, 2.24) is 15.3 Å². The minimum atomic E-state index is 0.247. The van der Waals surface area contributed by atoms with E-state index in [1.54, 1.807) is 20.4 Å². The molecule has 3 unspecified atom stereocenters. The molecule has 0 spiro atoms. The van der Waals surface area contributed by atoms with Crippen molar-refractivity contribution in [2.45, 2.75) is 38.6 Å². The van der Waals surface area contributed by atoms with Gasteiger partial charge in [-0.2, -0.15) is 4.98 Å². The van der Waals surface area contributed by atoms with E-state index >= 15 is 0 Å². The molecule has 0 aliphatic heterocycles. The van der Waals surface area contributed by atoms with E-state index in [1.165, 1.54) is 25.7 Å². The number of hydrogen-bond acceptors (Lipinski definition) is 5. The molecule has 116 valence electrons. The standard InChI is InChI=1S/C16H25N3O2/c1-4-17-14(13-10-7-5-6-8-11(10)13)15-16(21-3)19-12(20-2)9-18-15/h9-11,13-14,17H,4-8H2,1-3H3. The van der Waals surface area contributed by atoms with E-state index in [4.69, 9.17) is 9.47 Å². The van der Waals surface area contributed by atoms with Crippen LogP contribution in [0, 0.1) is 17.8 Å². The predicted molar refractivity (Wildman–Crippen MR) is 80.5 cm³/mol. The monoisotopic (exact) mass is 291 g/mol. The van der Waals surface area contributed by atoms with E-state index in [9.17, 15) is 0 Å². The Kier molecular flexibility index (Phi) is 4.29. The maximum atomic E-state index is 5.45. The molecule has 0 radical (unpaired) electrons. The minimum Gasteiger partial charge on any atom is -0.480 e. The first-order chi connectivity index (χ1) is 10.3. The van der Waals surface area contributed by atoms with Gasteiger partial charge in [0.15, 0.2) is 0 Å². The summed E-state index contributed by atoms with van der Waals surface area (Å²) in [5.74, 6) is 3.49. The van der Waals surface area contributed by atoms with Crippen molar-refractivity contribution in [3.8, 4) is 11.8 Å². The zero-order valence-corrected chi connectivity index (χ0v) is 13.1. The van der Waals surface area contributed by atoms with Crippen LogP contribution < -0.4 is 14.8 Å². The second-order valence-electron chi connectivity index (χ2n) is 6.03. The summed E-state index contributed by atoms with van der Waals surface area (Å²) in [5.41, 5.74) is 0.930. The molecule has 3 rings (SSSR count). The van der Waals surface area contributed by atoms with E-state index in [2.05, 4.69) is 22.2 Å². The van der Waals surface area contributed by atoms with Crippen LogP contribution >= 0.6 is 0 Å². The number of rotatable bonds is 6. The molecule has 5 nitrogen and oxygen atoms in total. The van der Waals surface area contributed by atoms with Gasteiger partial charge in [0.25, 0.3) is 0 Å². The fourth-order valence-corrected chi connectivity index (χ4v) is 4.01. The average molecular weight is 291 g/mol. The van der Waals surface area contributed by atoms with E-state index in [1.807, 2.05) is 0 Å². The summed E-state index contributed by atoms with van der Waals surface area (Å²) in [6.45, 7) is 3.07. The smallest absolute Gasteiger partial charge is 0.240 e. The SMILES string of the molecule is CCNC(c1ncc(OC)nc1OC)C1C2CCCCC21.